The summed E-state index contributed by atoms with van der Waals surface area (Å²) < 4.78 is 20.2. The lowest BCUT2D eigenvalue weighted by Crippen LogP contribution is -2.30. The van der Waals surface area contributed by atoms with Gasteiger partial charge in [-0.1, -0.05) is 11.8 Å². The Bertz CT molecular complexity index is 1110. The lowest BCUT2D eigenvalue weighted by atomic mass is 10.1. The summed E-state index contributed by atoms with van der Waals surface area (Å²) in [7, 11) is 0. The lowest BCUT2D eigenvalue weighted by Gasteiger charge is -2.15. The number of ketones is 1. The molecule has 1 unspecified atom stereocenters. The summed E-state index contributed by atoms with van der Waals surface area (Å²) in [6.45, 7) is 2.90. The second-order valence-corrected chi connectivity index (χ2v) is 7.39. The number of imidazole rings is 1. The molecule has 1 heterocycles. The third-order valence-electron chi connectivity index (χ3n) is 4.42. The van der Waals surface area contributed by atoms with Gasteiger partial charge in [-0.05, 0) is 68.6 Å². The van der Waals surface area contributed by atoms with Crippen LogP contribution in [0.4, 0.5) is 10.1 Å². The van der Waals surface area contributed by atoms with Crippen molar-refractivity contribution < 1.29 is 23.5 Å². The molecule has 0 aliphatic heterocycles. The van der Waals surface area contributed by atoms with Crippen LogP contribution in [0.2, 0.25) is 0 Å². The Balaban J connectivity index is 1.73. The van der Waals surface area contributed by atoms with Gasteiger partial charge in [-0.15, -0.1) is 0 Å². The predicted molar refractivity (Wildman–Crippen MR) is 115 cm³/mol. The van der Waals surface area contributed by atoms with E-state index in [1.807, 2.05) is 0 Å². The van der Waals surface area contributed by atoms with Gasteiger partial charge in [0.1, 0.15) is 5.82 Å². The topological polar surface area (TPSA) is 90.3 Å². The normalized spacial score (nSPS) is 11.6. The fourth-order valence-electron chi connectivity index (χ4n) is 2.77. The Morgan fingerprint density at radius 1 is 1.10 bits per heavy atom. The number of aromatic nitrogens is 2. The van der Waals surface area contributed by atoms with Gasteiger partial charge in [-0.3, -0.25) is 14.2 Å². The van der Waals surface area contributed by atoms with Crippen molar-refractivity contribution in [3.05, 3.63) is 71.8 Å². The highest BCUT2D eigenvalue weighted by Gasteiger charge is 2.24. The van der Waals surface area contributed by atoms with Crippen LogP contribution in [0.1, 0.15) is 34.7 Å². The number of hydrogen-bond donors (Lipinski definition) is 1. The molecule has 9 heteroatoms. The fraction of sp³-hybridized carbons (Fsp3) is 0.182. The Morgan fingerprint density at radius 3 is 2.32 bits per heavy atom. The Morgan fingerprint density at radius 2 is 1.74 bits per heavy atom. The molecule has 3 aromatic rings. The maximum atomic E-state index is 13.3. The van der Waals surface area contributed by atoms with E-state index < -0.39 is 23.8 Å². The van der Waals surface area contributed by atoms with E-state index in [1.165, 1.54) is 60.6 Å². The molecule has 1 atom stereocenters. The van der Waals surface area contributed by atoms with Crippen molar-refractivity contribution in [1.29, 1.82) is 0 Å². The molecule has 31 heavy (non-hydrogen) atoms. The summed E-state index contributed by atoms with van der Waals surface area (Å²) in [6.07, 6.45) is 2.06. The molecule has 0 spiro atoms. The highest BCUT2D eigenvalue weighted by molar-refractivity contribution is 7.98. The predicted octanol–water partition coefficient (Wildman–Crippen LogP) is 4.12. The first-order chi connectivity index (χ1) is 14.8. The SMILES string of the molecule is CSc1ncc(C(=O)OC(C)C(=O)Nc2ccc(C(C)=O)cc2)n1-c1ccc(F)cc1. The van der Waals surface area contributed by atoms with Gasteiger partial charge in [0.15, 0.2) is 22.7 Å². The zero-order valence-corrected chi connectivity index (χ0v) is 17.9. The van der Waals surface area contributed by atoms with Crippen LogP contribution in [0.15, 0.2) is 59.9 Å². The molecule has 0 aliphatic rings. The third kappa shape index (κ3) is 5.18. The maximum absolute atomic E-state index is 13.3. The van der Waals surface area contributed by atoms with E-state index in [1.54, 1.807) is 30.5 Å². The van der Waals surface area contributed by atoms with E-state index in [0.29, 0.717) is 22.1 Å². The molecule has 0 radical (unpaired) electrons. The number of ether oxygens (including phenoxy) is 1. The highest BCUT2D eigenvalue weighted by Crippen LogP contribution is 2.23. The van der Waals surface area contributed by atoms with Crippen LogP contribution in [0.25, 0.3) is 5.69 Å². The largest absolute Gasteiger partial charge is 0.448 e. The van der Waals surface area contributed by atoms with Crippen molar-refractivity contribution in [3.8, 4) is 5.69 Å². The summed E-state index contributed by atoms with van der Waals surface area (Å²) in [5.74, 6) is -1.75. The quantitative estimate of drug-likeness (QED) is 0.337. The third-order valence-corrected chi connectivity index (χ3v) is 5.07. The number of hydrogen-bond acceptors (Lipinski definition) is 6. The highest BCUT2D eigenvalue weighted by atomic mass is 32.2. The summed E-state index contributed by atoms with van der Waals surface area (Å²) in [6, 6.07) is 12.0. The first-order valence-corrected chi connectivity index (χ1v) is 10.5. The lowest BCUT2D eigenvalue weighted by molar-refractivity contribution is -0.123. The average molecular weight is 441 g/mol. The number of halogens is 1. The van der Waals surface area contributed by atoms with E-state index in [-0.39, 0.29) is 11.5 Å². The second-order valence-electron chi connectivity index (χ2n) is 6.61. The number of rotatable bonds is 7. The van der Waals surface area contributed by atoms with Crippen molar-refractivity contribution in [2.75, 3.05) is 11.6 Å². The van der Waals surface area contributed by atoms with Crippen molar-refractivity contribution in [2.24, 2.45) is 0 Å². The van der Waals surface area contributed by atoms with Gasteiger partial charge < -0.3 is 10.1 Å². The van der Waals surface area contributed by atoms with Crippen LogP contribution in [0.3, 0.4) is 0 Å². The molecule has 2 aromatic carbocycles. The van der Waals surface area contributed by atoms with Gasteiger partial charge in [0.05, 0.1) is 6.20 Å². The van der Waals surface area contributed by atoms with Crippen LogP contribution in [0.5, 0.6) is 0 Å². The molecule has 0 saturated heterocycles. The number of nitrogens with zero attached hydrogens (tertiary/aromatic N) is 2. The van der Waals surface area contributed by atoms with Gasteiger partial charge in [0, 0.05) is 16.9 Å². The van der Waals surface area contributed by atoms with E-state index in [9.17, 15) is 18.8 Å². The number of thioether (sulfide) groups is 1. The summed E-state index contributed by atoms with van der Waals surface area (Å²) in [5.41, 5.74) is 1.65. The molecule has 7 nitrogen and oxygen atoms in total. The number of amides is 1. The average Bonchev–Trinajstić information content (AvgIpc) is 3.19. The molecule has 1 amide bonds. The Hall–Kier alpha value is -3.46. The number of esters is 1. The number of anilines is 1. The molecule has 0 aliphatic carbocycles. The molecule has 3 rings (SSSR count). The van der Waals surface area contributed by atoms with Crippen LogP contribution in [-0.4, -0.2) is 39.6 Å². The Labute approximate surface area is 182 Å². The first kappa shape index (κ1) is 22.2. The fourth-order valence-corrected chi connectivity index (χ4v) is 3.31. The zero-order chi connectivity index (χ0) is 22.5. The monoisotopic (exact) mass is 441 g/mol. The zero-order valence-electron chi connectivity index (χ0n) is 17.1. The van der Waals surface area contributed by atoms with E-state index >= 15 is 0 Å². The molecule has 0 fully saturated rings. The van der Waals surface area contributed by atoms with E-state index in [2.05, 4.69) is 10.3 Å². The molecule has 1 N–H and O–H groups in total. The van der Waals surface area contributed by atoms with Crippen LogP contribution < -0.4 is 5.32 Å². The van der Waals surface area contributed by atoms with Gasteiger partial charge in [0.2, 0.25) is 0 Å². The maximum Gasteiger partial charge on any atom is 0.357 e. The minimum atomic E-state index is -1.09. The summed E-state index contributed by atoms with van der Waals surface area (Å²) in [5, 5.41) is 3.15. The van der Waals surface area contributed by atoms with E-state index in [0.717, 1.165) is 0 Å². The van der Waals surface area contributed by atoms with Gasteiger partial charge in [-0.2, -0.15) is 0 Å². The number of nitrogens with one attached hydrogen (secondary N) is 1. The summed E-state index contributed by atoms with van der Waals surface area (Å²) in [4.78, 5) is 40.7. The number of carbonyl (C=O) groups is 3. The van der Waals surface area contributed by atoms with Crippen LogP contribution in [0, 0.1) is 5.82 Å². The van der Waals surface area contributed by atoms with Gasteiger partial charge in [-0.25, -0.2) is 14.2 Å². The minimum Gasteiger partial charge on any atom is -0.448 e. The first-order valence-electron chi connectivity index (χ1n) is 9.30. The molecule has 0 saturated carbocycles. The van der Waals surface area contributed by atoms with Crippen LogP contribution in [-0.2, 0) is 9.53 Å². The minimum absolute atomic E-state index is 0.0810. The van der Waals surface area contributed by atoms with Crippen molar-refractivity contribution in [3.63, 3.8) is 0 Å². The number of carbonyl (C=O) groups excluding carboxylic acids is 3. The molecule has 0 bridgehead atoms. The molecule has 160 valence electrons. The van der Waals surface area contributed by atoms with E-state index in [4.69, 9.17) is 4.74 Å². The smallest absolute Gasteiger partial charge is 0.357 e. The van der Waals surface area contributed by atoms with Gasteiger partial charge >= 0.3 is 5.97 Å². The van der Waals surface area contributed by atoms with Crippen LogP contribution >= 0.6 is 11.8 Å². The molecular formula is C22H20FN3O4S. The number of Topliss-reactive ketones (excluding diaryl/α,β-unsaturated/α-hetero) is 1. The summed E-state index contributed by atoms with van der Waals surface area (Å²) >= 11 is 1.31. The van der Waals surface area contributed by atoms with Crippen molar-refractivity contribution in [2.45, 2.75) is 25.1 Å². The second kappa shape index (κ2) is 9.57. The van der Waals surface area contributed by atoms with Gasteiger partial charge in [0.25, 0.3) is 5.91 Å². The standard InChI is InChI=1S/C22H20FN3O4S/c1-13(27)15-4-8-17(9-5-15)25-20(28)14(2)30-21(29)19-12-24-22(31-3)26(19)18-10-6-16(23)7-11-18/h4-12,14H,1-3H3,(H,25,28). The van der Waals surface area contributed by atoms with Crippen molar-refractivity contribution in [1.82, 2.24) is 9.55 Å². The Kier molecular flexibility index (Phi) is 6.86. The number of benzene rings is 2. The molecular weight excluding hydrogens is 421 g/mol. The van der Waals surface area contributed by atoms with Crippen molar-refractivity contribution >= 4 is 35.1 Å². The molecule has 1 aromatic heterocycles.